The molecule has 1 N–H and O–H groups in total. The molecule has 172 valence electrons. The van der Waals surface area contributed by atoms with Gasteiger partial charge < -0.3 is 15.0 Å². The molecule has 2 aromatic heterocycles. The van der Waals surface area contributed by atoms with E-state index in [9.17, 15) is 13.6 Å². The summed E-state index contributed by atoms with van der Waals surface area (Å²) in [6, 6.07) is 5.55. The van der Waals surface area contributed by atoms with E-state index in [-0.39, 0.29) is 30.4 Å². The molecular formula is C24H25F2N5O2. The minimum Gasteiger partial charge on any atom is -0.487 e. The molecule has 0 radical (unpaired) electrons. The van der Waals surface area contributed by atoms with Crippen molar-refractivity contribution in [1.29, 1.82) is 0 Å². The number of nitrogens with zero attached hydrogens (tertiary/aromatic N) is 4. The van der Waals surface area contributed by atoms with E-state index >= 15 is 0 Å². The number of alkyl halides is 2. The summed E-state index contributed by atoms with van der Waals surface area (Å²) in [5.74, 6) is -2.93. The van der Waals surface area contributed by atoms with Crippen LogP contribution in [0.25, 0.3) is 5.65 Å². The number of nitrogens with one attached hydrogen (secondary N) is 1. The van der Waals surface area contributed by atoms with Gasteiger partial charge in [0.05, 0.1) is 17.6 Å². The summed E-state index contributed by atoms with van der Waals surface area (Å²) >= 11 is 0. The van der Waals surface area contributed by atoms with Gasteiger partial charge in [-0.1, -0.05) is 0 Å². The standard InChI is InChI=1S/C24H25F2N5O2/c1-23(2)10-15-8-18(29-22(32)16-11-28-31-7-3-6-27-21(16)31)19(9-20(15)33-23)30-12-14-4-5-24(25,26)17(14)13-30/h3,6-9,11,14,17H,4-5,10,12-13H2,1-2H3,(H,29,32). The van der Waals surface area contributed by atoms with Crippen molar-refractivity contribution in [3.8, 4) is 5.75 Å². The highest BCUT2D eigenvalue weighted by molar-refractivity contribution is 6.09. The fourth-order valence-corrected chi connectivity index (χ4v) is 5.58. The number of aromatic nitrogens is 3. The monoisotopic (exact) mass is 453 g/mol. The number of rotatable bonds is 3. The zero-order valence-electron chi connectivity index (χ0n) is 18.5. The van der Waals surface area contributed by atoms with E-state index in [0.29, 0.717) is 36.3 Å². The molecule has 4 heterocycles. The minimum absolute atomic E-state index is 0.0387. The fraction of sp³-hybridized carbons (Fsp3) is 0.458. The van der Waals surface area contributed by atoms with Gasteiger partial charge in [-0.15, -0.1) is 0 Å². The van der Waals surface area contributed by atoms with Gasteiger partial charge in [-0.05, 0) is 38.3 Å². The van der Waals surface area contributed by atoms with E-state index in [0.717, 1.165) is 17.0 Å². The van der Waals surface area contributed by atoms with Crippen molar-refractivity contribution in [2.24, 2.45) is 11.8 Å². The van der Waals surface area contributed by atoms with Crippen LogP contribution in [0.3, 0.4) is 0 Å². The van der Waals surface area contributed by atoms with Gasteiger partial charge in [-0.3, -0.25) is 4.79 Å². The quantitative estimate of drug-likeness (QED) is 0.644. The van der Waals surface area contributed by atoms with Crippen molar-refractivity contribution in [3.63, 3.8) is 0 Å². The summed E-state index contributed by atoms with van der Waals surface area (Å²) in [5.41, 5.74) is 2.75. The van der Waals surface area contributed by atoms with Gasteiger partial charge in [0.2, 0.25) is 0 Å². The Kier molecular flexibility index (Phi) is 4.25. The first kappa shape index (κ1) is 20.4. The molecule has 3 aliphatic rings. The second-order valence-corrected chi connectivity index (χ2v) is 9.99. The van der Waals surface area contributed by atoms with Crippen LogP contribution in [-0.2, 0) is 6.42 Å². The van der Waals surface area contributed by atoms with Crippen LogP contribution < -0.4 is 15.0 Å². The Morgan fingerprint density at radius 1 is 1.27 bits per heavy atom. The highest BCUT2D eigenvalue weighted by Gasteiger charge is 2.54. The average molecular weight is 453 g/mol. The van der Waals surface area contributed by atoms with E-state index in [2.05, 4.69) is 15.4 Å². The fourth-order valence-electron chi connectivity index (χ4n) is 5.58. The largest absolute Gasteiger partial charge is 0.487 e. The molecule has 6 rings (SSSR count). The van der Waals surface area contributed by atoms with Crippen LogP contribution in [0, 0.1) is 11.8 Å². The van der Waals surface area contributed by atoms with Gasteiger partial charge in [-0.2, -0.15) is 5.10 Å². The average Bonchev–Trinajstić information content (AvgIpc) is 3.49. The number of ether oxygens (including phenoxy) is 1. The van der Waals surface area contributed by atoms with Crippen LogP contribution in [0.2, 0.25) is 0 Å². The lowest BCUT2D eigenvalue weighted by Gasteiger charge is -2.25. The van der Waals surface area contributed by atoms with Crippen LogP contribution in [0.1, 0.15) is 42.6 Å². The summed E-state index contributed by atoms with van der Waals surface area (Å²) in [7, 11) is 0. The van der Waals surface area contributed by atoms with Crippen LogP contribution in [0.5, 0.6) is 5.75 Å². The Bertz CT molecular complexity index is 1270. The third kappa shape index (κ3) is 3.32. The number of benzene rings is 1. The molecule has 9 heteroatoms. The highest BCUT2D eigenvalue weighted by atomic mass is 19.3. The SMILES string of the molecule is CC1(C)Cc2cc(NC(=O)c3cnn4cccnc34)c(N3CC4CCC(F)(F)C4C3)cc2O1. The Labute approximate surface area is 189 Å². The zero-order valence-corrected chi connectivity index (χ0v) is 18.5. The van der Waals surface area contributed by atoms with E-state index in [4.69, 9.17) is 4.74 Å². The van der Waals surface area contributed by atoms with Gasteiger partial charge in [0.15, 0.2) is 5.65 Å². The van der Waals surface area contributed by atoms with Gasteiger partial charge in [0, 0.05) is 55.9 Å². The molecule has 1 saturated carbocycles. The molecular weight excluding hydrogens is 428 g/mol. The predicted molar refractivity (Wildman–Crippen MR) is 119 cm³/mol. The van der Waals surface area contributed by atoms with Crippen LogP contribution >= 0.6 is 0 Å². The molecule has 33 heavy (non-hydrogen) atoms. The van der Waals surface area contributed by atoms with Crippen LogP contribution in [0.15, 0.2) is 36.8 Å². The Morgan fingerprint density at radius 2 is 2.12 bits per heavy atom. The summed E-state index contributed by atoms with van der Waals surface area (Å²) in [5, 5.41) is 7.20. The molecule has 1 aromatic carbocycles. The Hall–Kier alpha value is -3.23. The Morgan fingerprint density at radius 3 is 2.94 bits per heavy atom. The van der Waals surface area contributed by atoms with Gasteiger partial charge in [0.25, 0.3) is 11.8 Å². The summed E-state index contributed by atoms with van der Waals surface area (Å²) < 4.78 is 36.5. The first-order chi connectivity index (χ1) is 15.7. The highest BCUT2D eigenvalue weighted by Crippen LogP contribution is 2.51. The van der Waals surface area contributed by atoms with Gasteiger partial charge in [-0.25, -0.2) is 18.3 Å². The number of anilines is 2. The van der Waals surface area contributed by atoms with E-state index in [1.807, 2.05) is 30.9 Å². The number of carbonyl (C=O) groups excluding carboxylic acids is 1. The van der Waals surface area contributed by atoms with Crippen molar-refractivity contribution in [2.45, 2.75) is 44.6 Å². The lowest BCUT2D eigenvalue weighted by atomic mass is 9.99. The number of hydrogen-bond donors (Lipinski definition) is 1. The maximum absolute atomic E-state index is 14.4. The lowest BCUT2D eigenvalue weighted by molar-refractivity contribution is -0.0351. The third-order valence-corrected chi connectivity index (χ3v) is 7.13. The molecule has 1 amide bonds. The molecule has 1 saturated heterocycles. The number of amides is 1. The van der Waals surface area contributed by atoms with Crippen molar-refractivity contribution in [1.82, 2.24) is 14.6 Å². The smallest absolute Gasteiger partial charge is 0.261 e. The molecule has 7 nitrogen and oxygen atoms in total. The number of fused-ring (bicyclic) bond motifs is 3. The maximum Gasteiger partial charge on any atom is 0.261 e. The lowest BCUT2D eigenvalue weighted by Crippen LogP contribution is -2.29. The van der Waals surface area contributed by atoms with E-state index in [1.54, 1.807) is 23.0 Å². The van der Waals surface area contributed by atoms with Crippen molar-refractivity contribution >= 4 is 22.9 Å². The summed E-state index contributed by atoms with van der Waals surface area (Å²) in [6.45, 7) is 4.83. The van der Waals surface area contributed by atoms with Crippen LogP contribution in [0.4, 0.5) is 20.2 Å². The molecule has 3 aromatic rings. The first-order valence-corrected chi connectivity index (χ1v) is 11.3. The normalized spacial score (nSPS) is 24.5. The van der Waals surface area contributed by atoms with E-state index < -0.39 is 11.8 Å². The third-order valence-electron chi connectivity index (χ3n) is 7.13. The molecule has 0 bridgehead atoms. The second kappa shape index (κ2) is 6.88. The zero-order chi connectivity index (χ0) is 23.0. The summed E-state index contributed by atoms with van der Waals surface area (Å²) in [4.78, 5) is 19.4. The van der Waals surface area contributed by atoms with Gasteiger partial charge >= 0.3 is 0 Å². The van der Waals surface area contributed by atoms with Crippen molar-refractivity contribution in [2.75, 3.05) is 23.3 Å². The molecule has 2 unspecified atom stereocenters. The molecule has 2 atom stereocenters. The molecule has 1 aliphatic carbocycles. The number of hydrogen-bond acceptors (Lipinski definition) is 5. The van der Waals surface area contributed by atoms with Crippen molar-refractivity contribution < 1.29 is 18.3 Å². The first-order valence-electron chi connectivity index (χ1n) is 11.3. The second-order valence-electron chi connectivity index (χ2n) is 9.99. The minimum atomic E-state index is -2.64. The molecule has 2 aliphatic heterocycles. The molecule has 2 fully saturated rings. The topological polar surface area (TPSA) is 71.8 Å². The van der Waals surface area contributed by atoms with E-state index in [1.165, 1.54) is 6.20 Å². The summed E-state index contributed by atoms with van der Waals surface area (Å²) in [6.07, 6.45) is 6.01. The van der Waals surface area contributed by atoms with Crippen molar-refractivity contribution in [3.05, 3.63) is 47.9 Å². The number of halogens is 2. The Balaban J connectivity index is 1.37. The predicted octanol–water partition coefficient (Wildman–Crippen LogP) is 4.18. The van der Waals surface area contributed by atoms with Crippen LogP contribution in [-0.4, -0.2) is 45.1 Å². The maximum atomic E-state index is 14.4. The molecule has 0 spiro atoms. The number of carbonyl (C=O) groups is 1. The van der Waals surface area contributed by atoms with Gasteiger partial charge in [0.1, 0.15) is 16.9 Å².